The molecule has 0 spiro atoms. The van der Waals surface area contributed by atoms with E-state index in [1.165, 1.54) is 0 Å². The van der Waals surface area contributed by atoms with Gasteiger partial charge in [0.25, 0.3) is 0 Å². The fourth-order valence-electron chi connectivity index (χ4n) is 2.39. The highest BCUT2D eigenvalue weighted by atomic mass is 19.1. The Labute approximate surface area is 162 Å². The zero-order valence-corrected chi connectivity index (χ0v) is 16.5. The molecule has 1 N–H and O–H groups in total. The van der Waals surface area contributed by atoms with Crippen molar-refractivity contribution < 1.29 is 37.2 Å². The maximum atomic E-state index is 14.6. The monoisotopic (exact) mass is 397 g/mol. The summed E-state index contributed by atoms with van der Waals surface area (Å²) in [5.74, 6) is -3.92. The Morgan fingerprint density at radius 1 is 1.04 bits per heavy atom. The van der Waals surface area contributed by atoms with E-state index in [0.29, 0.717) is 0 Å². The molecule has 1 heterocycles. The van der Waals surface area contributed by atoms with E-state index in [9.17, 15) is 18.4 Å². The number of carbonyl (C=O) groups is 2. The van der Waals surface area contributed by atoms with E-state index in [-0.39, 0.29) is 5.46 Å². The molecule has 0 amide bonds. The average molecular weight is 397 g/mol. The molecule has 0 aromatic heterocycles. The molecule has 1 saturated heterocycles. The fraction of sp³-hybridized carbons (Fsp3) is 0.444. The largest absolute Gasteiger partial charge is 0.495 e. The number of benzene rings is 1. The Morgan fingerprint density at radius 2 is 1.54 bits per heavy atom. The zero-order valence-electron chi connectivity index (χ0n) is 16.5. The number of halogens is 2. The molecule has 7 nitrogen and oxygen atoms in total. The normalized spacial score (nSPS) is 18.0. The van der Waals surface area contributed by atoms with Crippen molar-refractivity contribution in [3.8, 4) is 0 Å². The van der Waals surface area contributed by atoms with Crippen LogP contribution in [0.4, 0.5) is 14.5 Å². The van der Waals surface area contributed by atoms with Crippen molar-refractivity contribution in [1.29, 1.82) is 0 Å². The molecule has 1 aromatic rings. The van der Waals surface area contributed by atoms with Gasteiger partial charge >= 0.3 is 19.1 Å². The topological polar surface area (TPSA) is 83.1 Å². The van der Waals surface area contributed by atoms with Crippen LogP contribution in [0.15, 0.2) is 23.9 Å². The predicted octanol–water partition coefficient (Wildman–Crippen LogP) is 1.91. The highest BCUT2D eigenvalue weighted by Gasteiger charge is 2.52. The van der Waals surface area contributed by atoms with E-state index in [1.807, 2.05) is 27.7 Å². The Morgan fingerprint density at radius 3 is 1.96 bits per heavy atom. The number of ether oxygens (including phenoxy) is 2. The molecule has 0 bridgehead atoms. The van der Waals surface area contributed by atoms with E-state index >= 15 is 0 Å². The summed E-state index contributed by atoms with van der Waals surface area (Å²) in [6.07, 6.45) is 0.729. The number of carbonyl (C=O) groups excluding carboxylic acids is 2. The smallest absolute Gasteiger partial charge is 0.466 e. The zero-order chi connectivity index (χ0) is 21.3. The van der Waals surface area contributed by atoms with Gasteiger partial charge in [0, 0.05) is 0 Å². The van der Waals surface area contributed by atoms with Gasteiger partial charge in [0.2, 0.25) is 0 Å². The molecule has 152 valence electrons. The van der Waals surface area contributed by atoms with Crippen molar-refractivity contribution >= 4 is 30.2 Å². The predicted molar refractivity (Wildman–Crippen MR) is 97.8 cm³/mol. The lowest BCUT2D eigenvalue weighted by Crippen LogP contribution is -2.41. The molecule has 0 aliphatic carbocycles. The summed E-state index contributed by atoms with van der Waals surface area (Å²) >= 11 is 0. The van der Waals surface area contributed by atoms with E-state index in [1.54, 1.807) is 0 Å². The minimum absolute atomic E-state index is 0.135. The second-order valence-corrected chi connectivity index (χ2v) is 7.15. The van der Waals surface area contributed by atoms with Gasteiger partial charge in [0.1, 0.15) is 23.0 Å². The number of hydrogen-bond acceptors (Lipinski definition) is 7. The van der Waals surface area contributed by atoms with E-state index in [4.69, 9.17) is 9.31 Å². The van der Waals surface area contributed by atoms with Gasteiger partial charge in [-0.15, -0.1) is 0 Å². The number of esters is 2. The Kier molecular flexibility index (Phi) is 6.15. The van der Waals surface area contributed by atoms with Crippen molar-refractivity contribution in [3.05, 3.63) is 35.5 Å². The standard InChI is InChI=1S/C18H22BF2NO6/c1-17(2)18(3,4)28-19(27-17)10-7-11(20)15(12(21)8-10)22-13(16(24)26-6)9-14(23)25-5/h7-9,22H,1-6H3/b13-9+. The third-order valence-corrected chi connectivity index (χ3v) is 4.72. The molecule has 0 atom stereocenters. The number of nitrogens with one attached hydrogen (secondary N) is 1. The quantitative estimate of drug-likeness (QED) is 0.462. The minimum Gasteiger partial charge on any atom is -0.466 e. The Hall–Kier alpha value is -2.46. The molecule has 1 aliphatic heterocycles. The van der Waals surface area contributed by atoms with Crippen LogP contribution >= 0.6 is 0 Å². The molecule has 1 aromatic carbocycles. The van der Waals surface area contributed by atoms with Crippen LogP contribution in [-0.4, -0.2) is 44.5 Å². The number of anilines is 1. The van der Waals surface area contributed by atoms with Gasteiger partial charge in [-0.1, -0.05) is 0 Å². The maximum absolute atomic E-state index is 14.6. The van der Waals surface area contributed by atoms with E-state index in [2.05, 4.69) is 14.8 Å². The summed E-state index contributed by atoms with van der Waals surface area (Å²) in [6.45, 7) is 7.26. The van der Waals surface area contributed by atoms with Crippen LogP contribution in [0, 0.1) is 11.6 Å². The summed E-state index contributed by atoms with van der Waals surface area (Å²) in [5.41, 5.74) is -2.35. The second-order valence-electron chi connectivity index (χ2n) is 7.15. The van der Waals surface area contributed by atoms with Crippen LogP contribution in [0.2, 0.25) is 0 Å². The first-order valence-electron chi connectivity index (χ1n) is 8.41. The molecule has 28 heavy (non-hydrogen) atoms. The van der Waals surface area contributed by atoms with Crippen molar-refractivity contribution in [1.82, 2.24) is 0 Å². The minimum atomic E-state index is -1.01. The summed E-state index contributed by atoms with van der Waals surface area (Å²) in [6, 6.07) is 2.06. The first kappa shape index (κ1) is 21.8. The first-order chi connectivity index (χ1) is 12.9. The van der Waals surface area contributed by atoms with Crippen LogP contribution in [0.5, 0.6) is 0 Å². The lowest BCUT2D eigenvalue weighted by molar-refractivity contribution is -0.138. The Bertz CT molecular complexity index is 785. The van der Waals surface area contributed by atoms with Crippen LogP contribution < -0.4 is 10.8 Å². The van der Waals surface area contributed by atoms with Gasteiger partial charge in [-0.05, 0) is 45.3 Å². The molecule has 10 heteroatoms. The molecule has 0 unspecified atom stereocenters. The van der Waals surface area contributed by atoms with Crippen molar-refractivity contribution in [3.63, 3.8) is 0 Å². The highest BCUT2D eigenvalue weighted by molar-refractivity contribution is 6.62. The third kappa shape index (κ3) is 4.33. The van der Waals surface area contributed by atoms with Gasteiger partial charge < -0.3 is 24.1 Å². The van der Waals surface area contributed by atoms with Crippen LogP contribution in [0.25, 0.3) is 0 Å². The average Bonchev–Trinajstić information content (AvgIpc) is 2.83. The van der Waals surface area contributed by atoms with Crippen LogP contribution in [0.1, 0.15) is 27.7 Å². The van der Waals surface area contributed by atoms with Gasteiger partial charge in [0.05, 0.1) is 31.5 Å². The molecule has 1 aliphatic rings. The van der Waals surface area contributed by atoms with E-state index < -0.39 is 53.3 Å². The summed E-state index contributed by atoms with van der Waals surface area (Å²) in [7, 11) is 1.19. The van der Waals surface area contributed by atoms with Crippen molar-refractivity contribution in [2.45, 2.75) is 38.9 Å². The third-order valence-electron chi connectivity index (χ3n) is 4.72. The number of methoxy groups -OCH3 is 2. The molecular weight excluding hydrogens is 375 g/mol. The molecular formula is C18H22BF2NO6. The van der Waals surface area contributed by atoms with Crippen molar-refractivity contribution in [2.75, 3.05) is 19.5 Å². The summed E-state index contributed by atoms with van der Waals surface area (Å²) < 4.78 is 49.7. The van der Waals surface area contributed by atoms with Crippen LogP contribution in [0.3, 0.4) is 0 Å². The van der Waals surface area contributed by atoms with Gasteiger partial charge in [0.15, 0.2) is 0 Å². The SMILES string of the molecule is COC(=O)/C=C(/Nc1c(F)cc(B2OC(C)(C)C(C)(C)O2)cc1F)C(=O)OC. The van der Waals surface area contributed by atoms with Gasteiger partial charge in [-0.25, -0.2) is 18.4 Å². The van der Waals surface area contributed by atoms with E-state index in [0.717, 1.165) is 32.4 Å². The lowest BCUT2D eigenvalue weighted by Gasteiger charge is -2.32. The fourth-order valence-corrected chi connectivity index (χ4v) is 2.39. The Balaban J connectivity index is 2.35. The van der Waals surface area contributed by atoms with Gasteiger partial charge in [-0.3, -0.25) is 0 Å². The summed E-state index contributed by atoms with van der Waals surface area (Å²) in [5, 5.41) is 2.24. The number of hydrogen-bond donors (Lipinski definition) is 1. The summed E-state index contributed by atoms with van der Waals surface area (Å²) in [4.78, 5) is 23.1. The number of rotatable bonds is 5. The van der Waals surface area contributed by atoms with Crippen molar-refractivity contribution in [2.24, 2.45) is 0 Å². The highest BCUT2D eigenvalue weighted by Crippen LogP contribution is 2.36. The van der Waals surface area contributed by atoms with Gasteiger partial charge in [-0.2, -0.15) is 0 Å². The second kappa shape index (κ2) is 7.88. The maximum Gasteiger partial charge on any atom is 0.495 e. The molecule has 2 rings (SSSR count). The lowest BCUT2D eigenvalue weighted by atomic mass is 9.79. The molecule has 0 saturated carbocycles. The van der Waals surface area contributed by atoms with Crippen LogP contribution in [-0.2, 0) is 28.4 Å². The molecule has 0 radical (unpaired) electrons. The molecule has 1 fully saturated rings. The first-order valence-corrected chi connectivity index (χ1v) is 8.41.